The molecule has 0 saturated heterocycles. The van der Waals surface area contributed by atoms with Gasteiger partial charge in [0.25, 0.3) is 0 Å². The van der Waals surface area contributed by atoms with Crippen LogP contribution in [-0.4, -0.2) is 0 Å². The first-order valence-corrected chi connectivity index (χ1v) is 11.6. The molecule has 0 fully saturated rings. The Morgan fingerprint density at radius 3 is 1.53 bits per heavy atom. The van der Waals surface area contributed by atoms with Crippen LogP contribution in [0.15, 0.2) is 127 Å². The van der Waals surface area contributed by atoms with Gasteiger partial charge in [0.1, 0.15) is 0 Å². The fourth-order valence-corrected chi connectivity index (χ4v) is 4.33. The number of nitrogens with zero attached hydrogens (tertiary/aromatic N) is 1. The van der Waals surface area contributed by atoms with Gasteiger partial charge in [-0.2, -0.15) is 0 Å². The Morgan fingerprint density at radius 1 is 0.500 bits per heavy atom. The highest BCUT2D eigenvalue weighted by molar-refractivity contribution is 5.81. The van der Waals surface area contributed by atoms with Crippen LogP contribution < -0.4 is 10.2 Å². The Labute approximate surface area is 202 Å². The summed E-state index contributed by atoms with van der Waals surface area (Å²) in [5, 5.41) is 3.52. The number of para-hydroxylation sites is 3. The first kappa shape index (κ1) is 21.5. The van der Waals surface area contributed by atoms with Crippen molar-refractivity contribution in [1.29, 1.82) is 0 Å². The molecule has 0 radical (unpaired) electrons. The zero-order chi connectivity index (χ0) is 23.3. The maximum atomic E-state index is 3.52. The second-order valence-corrected chi connectivity index (χ2v) is 8.53. The van der Waals surface area contributed by atoms with Crippen molar-refractivity contribution in [2.24, 2.45) is 0 Å². The standard InChI is InChI=1S/C32H28N2/c1-24-22-26(18-20-31(24)33-28-12-6-3-7-13-28)27-19-21-32(25(2)23-27)34(29-14-8-4-9-15-29)30-16-10-5-11-17-30/h3-23,33H,1-2H3. The van der Waals surface area contributed by atoms with Crippen LogP contribution in [0.3, 0.4) is 0 Å². The smallest absolute Gasteiger partial charge is 0.0491 e. The molecule has 5 aromatic rings. The van der Waals surface area contributed by atoms with E-state index in [2.05, 4.69) is 133 Å². The molecule has 0 heterocycles. The quantitative estimate of drug-likeness (QED) is 0.283. The van der Waals surface area contributed by atoms with E-state index in [0.29, 0.717) is 0 Å². The molecule has 34 heavy (non-hydrogen) atoms. The summed E-state index contributed by atoms with van der Waals surface area (Å²) in [5.41, 5.74) is 10.6. The second-order valence-electron chi connectivity index (χ2n) is 8.53. The van der Waals surface area contributed by atoms with Gasteiger partial charge in [-0.05, 0) is 96.8 Å². The van der Waals surface area contributed by atoms with E-state index in [4.69, 9.17) is 0 Å². The summed E-state index contributed by atoms with van der Waals surface area (Å²) in [6.45, 7) is 4.35. The number of rotatable bonds is 6. The fourth-order valence-electron chi connectivity index (χ4n) is 4.33. The number of hydrogen-bond acceptors (Lipinski definition) is 2. The molecule has 0 spiro atoms. The van der Waals surface area contributed by atoms with Crippen LogP contribution in [0.25, 0.3) is 11.1 Å². The van der Waals surface area contributed by atoms with E-state index < -0.39 is 0 Å². The van der Waals surface area contributed by atoms with E-state index >= 15 is 0 Å². The topological polar surface area (TPSA) is 15.3 Å². The minimum absolute atomic E-state index is 1.10. The molecular weight excluding hydrogens is 412 g/mol. The molecule has 0 aliphatic rings. The van der Waals surface area contributed by atoms with Gasteiger partial charge in [-0.25, -0.2) is 0 Å². The highest BCUT2D eigenvalue weighted by Gasteiger charge is 2.15. The van der Waals surface area contributed by atoms with Gasteiger partial charge in [0.05, 0.1) is 0 Å². The predicted octanol–water partition coefficient (Wildman–Crippen LogP) is 9.18. The summed E-state index contributed by atoms with van der Waals surface area (Å²) in [4.78, 5) is 2.32. The third kappa shape index (κ3) is 4.57. The summed E-state index contributed by atoms with van der Waals surface area (Å²) in [7, 11) is 0. The van der Waals surface area contributed by atoms with Crippen molar-refractivity contribution < 1.29 is 0 Å². The van der Waals surface area contributed by atoms with Crippen LogP contribution >= 0.6 is 0 Å². The molecule has 0 amide bonds. The van der Waals surface area contributed by atoms with Gasteiger partial charge in [-0.1, -0.05) is 66.7 Å². The van der Waals surface area contributed by atoms with Crippen molar-refractivity contribution in [2.75, 3.05) is 10.2 Å². The molecule has 166 valence electrons. The van der Waals surface area contributed by atoms with Crippen LogP contribution in [0.2, 0.25) is 0 Å². The first-order valence-electron chi connectivity index (χ1n) is 11.6. The molecule has 0 atom stereocenters. The lowest BCUT2D eigenvalue weighted by molar-refractivity contribution is 1.25. The molecule has 0 unspecified atom stereocenters. The maximum absolute atomic E-state index is 3.52. The number of anilines is 5. The molecule has 2 heteroatoms. The summed E-state index contributed by atoms with van der Waals surface area (Å²) in [6, 6.07) is 44.7. The Bertz CT molecular complexity index is 1340. The summed E-state index contributed by atoms with van der Waals surface area (Å²) < 4.78 is 0. The largest absolute Gasteiger partial charge is 0.355 e. The third-order valence-electron chi connectivity index (χ3n) is 6.08. The van der Waals surface area contributed by atoms with Crippen molar-refractivity contribution >= 4 is 28.4 Å². The summed E-state index contributed by atoms with van der Waals surface area (Å²) in [6.07, 6.45) is 0. The molecule has 0 saturated carbocycles. The average molecular weight is 441 g/mol. The van der Waals surface area contributed by atoms with Crippen molar-refractivity contribution in [3.63, 3.8) is 0 Å². The van der Waals surface area contributed by atoms with Gasteiger partial charge in [0.15, 0.2) is 0 Å². The fraction of sp³-hybridized carbons (Fsp3) is 0.0625. The molecule has 0 bridgehead atoms. The molecule has 0 aromatic heterocycles. The van der Waals surface area contributed by atoms with Gasteiger partial charge < -0.3 is 10.2 Å². The molecule has 5 aromatic carbocycles. The van der Waals surface area contributed by atoms with E-state index in [-0.39, 0.29) is 0 Å². The molecule has 0 aliphatic carbocycles. The van der Waals surface area contributed by atoms with E-state index in [1.807, 2.05) is 18.2 Å². The molecular formula is C32H28N2. The number of hydrogen-bond donors (Lipinski definition) is 1. The van der Waals surface area contributed by atoms with Crippen LogP contribution in [0.4, 0.5) is 28.4 Å². The van der Waals surface area contributed by atoms with Crippen LogP contribution in [0.1, 0.15) is 11.1 Å². The van der Waals surface area contributed by atoms with Gasteiger partial charge in [0, 0.05) is 28.4 Å². The lowest BCUT2D eigenvalue weighted by Crippen LogP contribution is -2.11. The van der Waals surface area contributed by atoms with Crippen molar-refractivity contribution in [3.05, 3.63) is 139 Å². The van der Waals surface area contributed by atoms with E-state index in [1.54, 1.807) is 0 Å². The monoisotopic (exact) mass is 440 g/mol. The summed E-state index contributed by atoms with van der Waals surface area (Å²) >= 11 is 0. The Hall–Kier alpha value is -4.30. The van der Waals surface area contributed by atoms with Gasteiger partial charge in [-0.3, -0.25) is 0 Å². The zero-order valence-corrected chi connectivity index (χ0v) is 19.6. The van der Waals surface area contributed by atoms with Gasteiger partial charge in [-0.15, -0.1) is 0 Å². The van der Waals surface area contributed by atoms with E-state index in [0.717, 1.165) is 22.7 Å². The number of aryl methyl sites for hydroxylation is 2. The minimum atomic E-state index is 1.10. The van der Waals surface area contributed by atoms with Crippen molar-refractivity contribution in [1.82, 2.24) is 0 Å². The summed E-state index contributed by atoms with van der Waals surface area (Å²) in [5.74, 6) is 0. The van der Waals surface area contributed by atoms with E-state index in [9.17, 15) is 0 Å². The van der Waals surface area contributed by atoms with Gasteiger partial charge in [0.2, 0.25) is 0 Å². The van der Waals surface area contributed by atoms with Gasteiger partial charge >= 0.3 is 0 Å². The second kappa shape index (κ2) is 9.68. The third-order valence-corrected chi connectivity index (χ3v) is 6.08. The first-order chi connectivity index (χ1) is 16.7. The maximum Gasteiger partial charge on any atom is 0.0491 e. The molecule has 1 N–H and O–H groups in total. The minimum Gasteiger partial charge on any atom is -0.355 e. The Morgan fingerprint density at radius 2 is 1.00 bits per heavy atom. The average Bonchev–Trinajstić information content (AvgIpc) is 2.88. The molecule has 2 nitrogen and oxygen atoms in total. The Balaban J connectivity index is 1.48. The van der Waals surface area contributed by atoms with Crippen molar-refractivity contribution in [2.45, 2.75) is 13.8 Å². The van der Waals surface area contributed by atoms with Crippen LogP contribution in [0.5, 0.6) is 0 Å². The SMILES string of the molecule is Cc1cc(-c2ccc(N(c3ccccc3)c3ccccc3)c(C)c2)ccc1Nc1ccccc1. The van der Waals surface area contributed by atoms with Crippen LogP contribution in [-0.2, 0) is 0 Å². The predicted molar refractivity (Wildman–Crippen MR) is 146 cm³/mol. The lowest BCUT2D eigenvalue weighted by Gasteiger charge is -2.27. The normalized spacial score (nSPS) is 10.6. The number of nitrogens with one attached hydrogen (secondary N) is 1. The lowest BCUT2D eigenvalue weighted by atomic mass is 9.99. The van der Waals surface area contributed by atoms with Crippen molar-refractivity contribution in [3.8, 4) is 11.1 Å². The highest BCUT2D eigenvalue weighted by Crippen LogP contribution is 2.38. The zero-order valence-electron chi connectivity index (χ0n) is 19.6. The Kier molecular flexibility index (Phi) is 6.13. The number of benzene rings is 5. The molecule has 5 rings (SSSR count). The van der Waals surface area contributed by atoms with Crippen LogP contribution in [0, 0.1) is 13.8 Å². The highest BCUT2D eigenvalue weighted by atomic mass is 15.1. The van der Waals surface area contributed by atoms with E-state index in [1.165, 1.54) is 27.9 Å². The molecule has 0 aliphatic heterocycles.